The molecule has 114 valence electrons. The summed E-state index contributed by atoms with van der Waals surface area (Å²) in [6, 6.07) is 0. The fourth-order valence-corrected chi connectivity index (χ4v) is 3.27. The maximum atomic E-state index is 12.5. The van der Waals surface area contributed by atoms with Gasteiger partial charge in [0.15, 0.2) is 0 Å². The number of nitrogens with zero attached hydrogens (tertiary/aromatic N) is 3. The van der Waals surface area contributed by atoms with Gasteiger partial charge in [-0.15, -0.1) is 0 Å². The normalized spacial score (nSPS) is 21.7. The summed E-state index contributed by atoms with van der Waals surface area (Å²) in [5, 5.41) is 0. The molecule has 0 aliphatic carbocycles. The number of imidazole rings is 1. The lowest BCUT2D eigenvalue weighted by molar-refractivity contribution is -0.127. The van der Waals surface area contributed by atoms with Crippen LogP contribution < -0.4 is 0 Å². The summed E-state index contributed by atoms with van der Waals surface area (Å²) >= 11 is 0. The monoisotopic (exact) mass is 289 g/mol. The number of rotatable bonds is 3. The fraction of sp³-hybridized carbons (Fsp3) is 0.625. The highest BCUT2D eigenvalue weighted by Gasteiger charge is 2.25. The Morgan fingerprint density at radius 2 is 2.43 bits per heavy atom. The van der Waals surface area contributed by atoms with Crippen molar-refractivity contribution in [3.8, 4) is 0 Å². The Hall–Kier alpha value is -1.78. The molecule has 1 unspecified atom stereocenters. The van der Waals surface area contributed by atoms with Gasteiger partial charge in [0, 0.05) is 39.0 Å². The van der Waals surface area contributed by atoms with Crippen LogP contribution in [0.4, 0.5) is 0 Å². The minimum atomic E-state index is 0.126. The van der Waals surface area contributed by atoms with Gasteiger partial charge < -0.3 is 14.2 Å². The van der Waals surface area contributed by atoms with Gasteiger partial charge in [0.2, 0.25) is 0 Å². The first-order valence-electron chi connectivity index (χ1n) is 7.73. The minimum absolute atomic E-state index is 0.126. The second-order valence-corrected chi connectivity index (χ2v) is 6.07. The Morgan fingerprint density at radius 3 is 3.24 bits per heavy atom. The molecule has 1 amide bonds. The quantitative estimate of drug-likeness (QED) is 0.855. The standard InChI is InChI=1S/C16H23N3O2/c1-12-14(4-3-9-21-12)16(20)18(2)11-13-5-7-19-8-6-17-15(19)10-13/h6,8,13H,3-5,7,9-11H2,1-2H3. The summed E-state index contributed by atoms with van der Waals surface area (Å²) in [6.07, 6.45) is 7.74. The molecule has 1 aromatic rings. The van der Waals surface area contributed by atoms with E-state index in [2.05, 4.69) is 9.55 Å². The van der Waals surface area contributed by atoms with Gasteiger partial charge in [-0.25, -0.2) is 4.98 Å². The number of ether oxygens (including phenoxy) is 1. The summed E-state index contributed by atoms with van der Waals surface area (Å²) in [5.41, 5.74) is 0.848. The van der Waals surface area contributed by atoms with E-state index in [1.807, 2.05) is 31.3 Å². The van der Waals surface area contributed by atoms with Crippen LogP contribution in [0.1, 0.15) is 32.0 Å². The number of allylic oxidation sites excluding steroid dienone is 1. The van der Waals surface area contributed by atoms with Crippen LogP contribution in [0.2, 0.25) is 0 Å². The molecule has 0 saturated heterocycles. The second-order valence-electron chi connectivity index (χ2n) is 6.07. The summed E-state index contributed by atoms with van der Waals surface area (Å²) in [5.74, 6) is 2.57. The molecule has 2 aliphatic rings. The predicted molar refractivity (Wildman–Crippen MR) is 79.6 cm³/mol. The molecular weight excluding hydrogens is 266 g/mol. The number of hydrogen-bond donors (Lipinski definition) is 0. The van der Waals surface area contributed by atoms with Crippen LogP contribution in [0.25, 0.3) is 0 Å². The van der Waals surface area contributed by atoms with Crippen molar-refractivity contribution in [2.75, 3.05) is 20.2 Å². The summed E-state index contributed by atoms with van der Waals surface area (Å²) in [6.45, 7) is 4.44. The number of amides is 1. The fourth-order valence-electron chi connectivity index (χ4n) is 3.27. The van der Waals surface area contributed by atoms with Crippen LogP contribution in [0.5, 0.6) is 0 Å². The van der Waals surface area contributed by atoms with Gasteiger partial charge in [-0.05, 0) is 32.1 Å². The molecule has 0 bridgehead atoms. The van der Waals surface area contributed by atoms with Gasteiger partial charge in [0.1, 0.15) is 11.6 Å². The molecule has 1 atom stereocenters. The van der Waals surface area contributed by atoms with Crippen molar-refractivity contribution in [2.24, 2.45) is 5.92 Å². The van der Waals surface area contributed by atoms with E-state index in [0.717, 1.165) is 62.5 Å². The third-order valence-corrected chi connectivity index (χ3v) is 4.50. The first-order chi connectivity index (χ1) is 10.1. The molecular formula is C16H23N3O2. The largest absolute Gasteiger partial charge is 0.498 e. The molecule has 0 radical (unpaired) electrons. The van der Waals surface area contributed by atoms with E-state index < -0.39 is 0 Å². The predicted octanol–water partition coefficient (Wildman–Crippen LogP) is 1.99. The van der Waals surface area contributed by atoms with Gasteiger partial charge in [0.25, 0.3) is 5.91 Å². The molecule has 3 rings (SSSR count). The van der Waals surface area contributed by atoms with Crippen molar-refractivity contribution >= 4 is 5.91 Å². The van der Waals surface area contributed by atoms with Crippen molar-refractivity contribution < 1.29 is 9.53 Å². The van der Waals surface area contributed by atoms with E-state index >= 15 is 0 Å². The van der Waals surface area contributed by atoms with Gasteiger partial charge >= 0.3 is 0 Å². The van der Waals surface area contributed by atoms with E-state index in [0.29, 0.717) is 5.92 Å². The van der Waals surface area contributed by atoms with Crippen molar-refractivity contribution in [1.82, 2.24) is 14.5 Å². The number of aromatic nitrogens is 2. The Balaban J connectivity index is 1.62. The molecule has 5 heteroatoms. The van der Waals surface area contributed by atoms with Crippen LogP contribution in [0.15, 0.2) is 23.7 Å². The molecule has 0 N–H and O–H groups in total. The van der Waals surface area contributed by atoms with Crippen molar-refractivity contribution in [3.05, 3.63) is 29.6 Å². The zero-order chi connectivity index (χ0) is 14.8. The Kier molecular flexibility index (Phi) is 3.99. The van der Waals surface area contributed by atoms with Crippen LogP contribution >= 0.6 is 0 Å². The van der Waals surface area contributed by atoms with E-state index in [9.17, 15) is 4.79 Å². The smallest absolute Gasteiger partial charge is 0.252 e. The summed E-state index contributed by atoms with van der Waals surface area (Å²) in [4.78, 5) is 18.8. The van der Waals surface area contributed by atoms with E-state index in [1.54, 1.807) is 0 Å². The van der Waals surface area contributed by atoms with E-state index in [1.165, 1.54) is 0 Å². The van der Waals surface area contributed by atoms with E-state index in [-0.39, 0.29) is 5.91 Å². The maximum absolute atomic E-state index is 12.5. The van der Waals surface area contributed by atoms with Crippen LogP contribution in [-0.4, -0.2) is 40.6 Å². The molecule has 2 aliphatic heterocycles. The van der Waals surface area contributed by atoms with Crippen LogP contribution in [0, 0.1) is 5.92 Å². The second kappa shape index (κ2) is 5.92. The van der Waals surface area contributed by atoms with Gasteiger partial charge in [-0.3, -0.25) is 4.79 Å². The first-order valence-corrected chi connectivity index (χ1v) is 7.73. The van der Waals surface area contributed by atoms with Crippen molar-refractivity contribution in [3.63, 3.8) is 0 Å². The van der Waals surface area contributed by atoms with Crippen molar-refractivity contribution in [1.29, 1.82) is 0 Å². The number of hydrogen-bond acceptors (Lipinski definition) is 3. The average molecular weight is 289 g/mol. The third kappa shape index (κ3) is 2.96. The first kappa shape index (κ1) is 14.2. The molecule has 0 fully saturated rings. The minimum Gasteiger partial charge on any atom is -0.498 e. The topological polar surface area (TPSA) is 47.4 Å². The Bertz CT molecular complexity index is 562. The summed E-state index contributed by atoms with van der Waals surface area (Å²) < 4.78 is 7.71. The molecule has 5 nitrogen and oxygen atoms in total. The number of likely N-dealkylation sites (N-methyl/N-ethyl adjacent to an activating group) is 1. The highest BCUT2D eigenvalue weighted by Crippen LogP contribution is 2.23. The average Bonchev–Trinajstić information content (AvgIpc) is 2.94. The molecule has 0 saturated carbocycles. The van der Waals surface area contributed by atoms with Crippen molar-refractivity contribution in [2.45, 2.75) is 39.2 Å². The Morgan fingerprint density at radius 1 is 1.57 bits per heavy atom. The number of aryl methyl sites for hydroxylation is 1. The third-order valence-electron chi connectivity index (χ3n) is 4.50. The van der Waals surface area contributed by atoms with Gasteiger partial charge in [-0.1, -0.05) is 0 Å². The maximum Gasteiger partial charge on any atom is 0.252 e. The van der Waals surface area contributed by atoms with Crippen LogP contribution in [0.3, 0.4) is 0 Å². The summed E-state index contributed by atoms with van der Waals surface area (Å²) in [7, 11) is 1.90. The zero-order valence-electron chi connectivity index (χ0n) is 12.8. The lowest BCUT2D eigenvalue weighted by Gasteiger charge is -2.29. The molecule has 3 heterocycles. The molecule has 0 spiro atoms. The lowest BCUT2D eigenvalue weighted by atomic mass is 9.96. The highest BCUT2D eigenvalue weighted by molar-refractivity contribution is 5.93. The number of carbonyl (C=O) groups excluding carboxylic acids is 1. The van der Waals surface area contributed by atoms with Gasteiger partial charge in [0.05, 0.1) is 12.2 Å². The molecule has 0 aromatic carbocycles. The zero-order valence-corrected chi connectivity index (χ0v) is 12.8. The number of fused-ring (bicyclic) bond motifs is 1. The van der Waals surface area contributed by atoms with E-state index in [4.69, 9.17) is 4.74 Å². The highest BCUT2D eigenvalue weighted by atomic mass is 16.5. The molecule has 1 aromatic heterocycles. The lowest BCUT2D eigenvalue weighted by Crippen LogP contribution is -2.36. The van der Waals surface area contributed by atoms with Gasteiger partial charge in [-0.2, -0.15) is 0 Å². The van der Waals surface area contributed by atoms with Crippen LogP contribution in [-0.2, 0) is 22.5 Å². The Labute approximate surface area is 125 Å². The SMILES string of the molecule is CC1=C(C(=O)N(C)CC2CCn3ccnc3C2)CCCO1. The molecule has 21 heavy (non-hydrogen) atoms. The number of carbonyl (C=O) groups is 1.